The third-order valence-corrected chi connectivity index (χ3v) is 4.57. The predicted octanol–water partition coefficient (Wildman–Crippen LogP) is 3.76. The van der Waals surface area contributed by atoms with Gasteiger partial charge in [0.2, 0.25) is 0 Å². The molecule has 0 aliphatic rings. The SMILES string of the molecule is Cc1ccc(-n2cc(-c3ccncn3)c(-c3cc(O)c(C)c(Cl)c3)n2)nn1. The average Bonchev–Trinajstić information content (AvgIpc) is 3.12. The van der Waals surface area contributed by atoms with Gasteiger partial charge in [-0.3, -0.25) is 0 Å². The summed E-state index contributed by atoms with van der Waals surface area (Å²) in [6.45, 7) is 3.63. The van der Waals surface area contributed by atoms with Crippen LogP contribution in [0.4, 0.5) is 0 Å². The molecule has 3 heterocycles. The summed E-state index contributed by atoms with van der Waals surface area (Å²) in [4.78, 5) is 8.29. The minimum Gasteiger partial charge on any atom is -0.508 e. The van der Waals surface area contributed by atoms with Crippen LogP contribution in [0.2, 0.25) is 5.02 Å². The third kappa shape index (κ3) is 3.24. The number of aromatic hydroxyl groups is 1. The Hall–Kier alpha value is -3.32. The Balaban J connectivity index is 1.93. The molecular weight excluding hydrogens is 364 g/mol. The van der Waals surface area contributed by atoms with E-state index in [2.05, 4.69) is 25.3 Å². The Morgan fingerprint density at radius 1 is 1.07 bits per heavy atom. The number of hydrogen-bond acceptors (Lipinski definition) is 6. The van der Waals surface area contributed by atoms with E-state index in [9.17, 15) is 5.11 Å². The summed E-state index contributed by atoms with van der Waals surface area (Å²) < 4.78 is 1.63. The number of phenolic OH excluding ortho intramolecular Hbond substituents is 1. The van der Waals surface area contributed by atoms with Crippen molar-refractivity contribution in [1.82, 2.24) is 29.9 Å². The first-order valence-electron chi connectivity index (χ1n) is 8.19. The number of hydrogen-bond donors (Lipinski definition) is 1. The number of phenols is 1. The fourth-order valence-electron chi connectivity index (χ4n) is 2.66. The van der Waals surface area contributed by atoms with Gasteiger partial charge in [-0.25, -0.2) is 14.6 Å². The van der Waals surface area contributed by atoms with E-state index in [-0.39, 0.29) is 5.75 Å². The van der Waals surface area contributed by atoms with Crippen LogP contribution in [0.15, 0.2) is 49.1 Å². The van der Waals surface area contributed by atoms with E-state index in [0.717, 1.165) is 11.3 Å². The molecule has 0 unspecified atom stereocenters. The maximum atomic E-state index is 10.2. The van der Waals surface area contributed by atoms with Crippen LogP contribution in [-0.2, 0) is 0 Å². The van der Waals surface area contributed by atoms with Crippen molar-refractivity contribution in [1.29, 1.82) is 0 Å². The minimum absolute atomic E-state index is 0.107. The van der Waals surface area contributed by atoms with Crippen LogP contribution in [0.5, 0.6) is 5.75 Å². The molecule has 0 aliphatic carbocycles. The molecule has 0 radical (unpaired) electrons. The normalized spacial score (nSPS) is 10.9. The van der Waals surface area contributed by atoms with E-state index < -0.39 is 0 Å². The van der Waals surface area contributed by atoms with Crippen molar-refractivity contribution in [3.05, 3.63) is 65.3 Å². The molecule has 0 bridgehead atoms. The molecule has 4 rings (SSSR count). The van der Waals surface area contributed by atoms with Crippen LogP contribution >= 0.6 is 11.6 Å². The zero-order valence-corrected chi connectivity index (χ0v) is 15.4. The Morgan fingerprint density at radius 3 is 2.59 bits per heavy atom. The Labute approximate surface area is 160 Å². The topological polar surface area (TPSA) is 89.6 Å². The van der Waals surface area contributed by atoms with Crippen molar-refractivity contribution < 1.29 is 5.11 Å². The lowest BCUT2D eigenvalue weighted by atomic mass is 10.0. The monoisotopic (exact) mass is 378 g/mol. The first-order chi connectivity index (χ1) is 13.0. The number of aromatic nitrogens is 6. The maximum absolute atomic E-state index is 10.2. The van der Waals surface area contributed by atoms with Crippen molar-refractivity contribution in [3.63, 3.8) is 0 Å². The molecule has 7 nitrogen and oxygen atoms in total. The van der Waals surface area contributed by atoms with Crippen LogP contribution in [0, 0.1) is 13.8 Å². The standard InChI is InChI=1S/C19H15ClN6O/c1-11-3-4-18(24-23-11)26-9-14(16-5-6-21-10-22-16)19(25-26)13-7-15(20)12(2)17(27)8-13/h3-10,27H,1-2H3. The minimum atomic E-state index is 0.107. The van der Waals surface area contributed by atoms with Crippen LogP contribution in [0.3, 0.4) is 0 Å². The lowest BCUT2D eigenvalue weighted by Crippen LogP contribution is -2.00. The molecule has 1 N–H and O–H groups in total. The summed E-state index contributed by atoms with van der Waals surface area (Å²) in [5, 5.41) is 23.6. The molecule has 0 aliphatic heterocycles. The van der Waals surface area contributed by atoms with Crippen LogP contribution in [0.1, 0.15) is 11.3 Å². The summed E-state index contributed by atoms with van der Waals surface area (Å²) in [5.41, 5.74) is 4.19. The summed E-state index contributed by atoms with van der Waals surface area (Å²) in [6.07, 6.45) is 4.96. The van der Waals surface area contributed by atoms with E-state index in [1.165, 1.54) is 6.33 Å². The number of aryl methyl sites for hydroxylation is 1. The first kappa shape index (κ1) is 17.1. The number of halogens is 1. The largest absolute Gasteiger partial charge is 0.508 e. The van der Waals surface area contributed by atoms with Crippen molar-refractivity contribution in [2.45, 2.75) is 13.8 Å². The molecule has 0 atom stereocenters. The number of rotatable bonds is 3. The summed E-state index contributed by atoms with van der Waals surface area (Å²) in [6, 6.07) is 8.90. The fraction of sp³-hybridized carbons (Fsp3) is 0.105. The molecule has 0 saturated heterocycles. The number of nitrogens with zero attached hydrogens (tertiary/aromatic N) is 6. The molecule has 0 amide bonds. The van der Waals surface area contributed by atoms with Crippen molar-refractivity contribution in [2.24, 2.45) is 0 Å². The number of benzene rings is 1. The zero-order valence-electron chi connectivity index (χ0n) is 14.6. The molecule has 0 spiro atoms. The van der Waals surface area contributed by atoms with E-state index >= 15 is 0 Å². The van der Waals surface area contributed by atoms with Gasteiger partial charge in [-0.15, -0.1) is 5.10 Å². The van der Waals surface area contributed by atoms with Crippen LogP contribution < -0.4 is 0 Å². The van der Waals surface area contributed by atoms with Gasteiger partial charge in [-0.05, 0) is 44.2 Å². The highest BCUT2D eigenvalue weighted by Crippen LogP contribution is 2.36. The maximum Gasteiger partial charge on any atom is 0.175 e. The smallest absolute Gasteiger partial charge is 0.175 e. The highest BCUT2D eigenvalue weighted by Gasteiger charge is 2.18. The Kier molecular flexibility index (Phi) is 4.29. The second-order valence-corrected chi connectivity index (χ2v) is 6.47. The molecule has 4 aromatic rings. The molecule has 1 aromatic carbocycles. The highest BCUT2D eigenvalue weighted by molar-refractivity contribution is 6.31. The third-order valence-electron chi connectivity index (χ3n) is 4.18. The Bertz CT molecular complexity index is 1090. The summed E-state index contributed by atoms with van der Waals surface area (Å²) in [7, 11) is 0. The first-order valence-corrected chi connectivity index (χ1v) is 8.57. The van der Waals surface area contributed by atoms with Crippen molar-refractivity contribution >= 4 is 11.6 Å². The summed E-state index contributed by atoms with van der Waals surface area (Å²) >= 11 is 6.27. The highest BCUT2D eigenvalue weighted by atomic mass is 35.5. The van der Waals surface area contributed by atoms with Gasteiger partial charge in [-0.1, -0.05) is 11.6 Å². The van der Waals surface area contributed by atoms with Gasteiger partial charge in [0.25, 0.3) is 0 Å². The zero-order chi connectivity index (χ0) is 19.0. The van der Waals surface area contributed by atoms with Gasteiger partial charge in [0.1, 0.15) is 17.8 Å². The average molecular weight is 379 g/mol. The van der Waals surface area contributed by atoms with E-state index in [1.54, 1.807) is 36.0 Å². The molecule has 27 heavy (non-hydrogen) atoms. The van der Waals surface area contributed by atoms with Crippen molar-refractivity contribution in [2.75, 3.05) is 0 Å². The molecule has 0 saturated carbocycles. The van der Waals surface area contributed by atoms with E-state index in [1.807, 2.05) is 25.3 Å². The van der Waals surface area contributed by atoms with E-state index in [4.69, 9.17) is 11.6 Å². The van der Waals surface area contributed by atoms with Gasteiger partial charge < -0.3 is 5.11 Å². The van der Waals surface area contributed by atoms with Gasteiger partial charge in [0.15, 0.2) is 5.82 Å². The second kappa shape index (κ2) is 6.77. The molecular formula is C19H15ClN6O. The van der Waals surface area contributed by atoms with Gasteiger partial charge in [0.05, 0.1) is 11.4 Å². The predicted molar refractivity (Wildman–Crippen MR) is 102 cm³/mol. The fourth-order valence-corrected chi connectivity index (χ4v) is 2.87. The van der Waals surface area contributed by atoms with Crippen LogP contribution in [-0.4, -0.2) is 35.1 Å². The van der Waals surface area contributed by atoms with Crippen molar-refractivity contribution in [3.8, 4) is 34.1 Å². The quantitative estimate of drug-likeness (QED) is 0.583. The summed E-state index contributed by atoms with van der Waals surface area (Å²) in [5.74, 6) is 0.681. The van der Waals surface area contributed by atoms with Gasteiger partial charge in [0, 0.05) is 34.1 Å². The lowest BCUT2D eigenvalue weighted by molar-refractivity contribution is 0.471. The lowest BCUT2D eigenvalue weighted by Gasteiger charge is -2.06. The van der Waals surface area contributed by atoms with Gasteiger partial charge in [-0.2, -0.15) is 10.2 Å². The second-order valence-electron chi connectivity index (χ2n) is 6.07. The molecule has 8 heteroatoms. The van der Waals surface area contributed by atoms with Gasteiger partial charge >= 0.3 is 0 Å². The molecule has 134 valence electrons. The molecule has 3 aromatic heterocycles. The molecule has 0 fully saturated rings. The van der Waals surface area contributed by atoms with Crippen LogP contribution in [0.25, 0.3) is 28.3 Å². The Morgan fingerprint density at radius 2 is 1.93 bits per heavy atom. The van der Waals surface area contributed by atoms with E-state index in [0.29, 0.717) is 33.4 Å².